The molecular weight excluding hydrogens is 655 g/mol. The Labute approximate surface area is 307 Å². The number of nitrogens with two attached hydrogens (primary N) is 1. The van der Waals surface area contributed by atoms with E-state index in [0.717, 1.165) is 53.5 Å². The van der Waals surface area contributed by atoms with Gasteiger partial charge in [-0.15, -0.1) is 0 Å². The maximum absolute atomic E-state index is 13.6. The number of rotatable bonds is 8. The molecular formula is C42H53FN6O3. The van der Waals surface area contributed by atoms with E-state index in [0.29, 0.717) is 48.5 Å². The number of aromatic nitrogens is 1. The molecule has 3 heterocycles. The molecule has 9 rings (SSSR count). The van der Waals surface area contributed by atoms with Crippen LogP contribution < -0.4 is 16.0 Å². The summed E-state index contributed by atoms with van der Waals surface area (Å²) in [6.07, 6.45) is 10.4. The second kappa shape index (κ2) is 15.3. The predicted octanol–water partition coefficient (Wildman–Crippen LogP) is 6.92. The zero-order valence-corrected chi connectivity index (χ0v) is 30.7. The summed E-state index contributed by atoms with van der Waals surface area (Å²) in [4.78, 5) is 47.3. The average Bonchev–Trinajstić information content (AvgIpc) is 3.41. The molecule has 1 aromatic heterocycles. The quantitative estimate of drug-likeness (QED) is 0.264. The van der Waals surface area contributed by atoms with E-state index < -0.39 is 6.17 Å². The molecule has 9 nitrogen and oxygen atoms in total. The highest BCUT2D eigenvalue weighted by Crippen LogP contribution is 2.60. The predicted molar refractivity (Wildman–Crippen MR) is 201 cm³/mol. The number of urea groups is 1. The first-order valence-corrected chi connectivity index (χ1v) is 19.1. The third-order valence-electron chi connectivity index (χ3n) is 12.5. The number of fused-ring (bicyclic) bond motifs is 2. The molecule has 276 valence electrons. The van der Waals surface area contributed by atoms with Gasteiger partial charge in [0.15, 0.2) is 0 Å². The van der Waals surface area contributed by atoms with Crippen LogP contribution in [0.25, 0.3) is 0 Å². The fourth-order valence-electron chi connectivity index (χ4n) is 10.5. The third kappa shape index (κ3) is 7.45. The van der Waals surface area contributed by atoms with E-state index in [2.05, 4.69) is 16.4 Å². The van der Waals surface area contributed by atoms with Gasteiger partial charge in [-0.05, 0) is 141 Å². The second-order valence-electron chi connectivity index (χ2n) is 16.0. The minimum atomic E-state index is -0.727. The van der Waals surface area contributed by atoms with Crippen LogP contribution in [0.3, 0.4) is 0 Å². The summed E-state index contributed by atoms with van der Waals surface area (Å²) in [6.45, 7) is 1.27. The van der Waals surface area contributed by atoms with E-state index in [1.807, 2.05) is 66.5 Å². The Balaban J connectivity index is 0.000000180. The summed E-state index contributed by atoms with van der Waals surface area (Å²) in [5.74, 6) is 3.83. The lowest BCUT2D eigenvalue weighted by atomic mass is 9.50. The standard InChI is InChI=1S/C26H32N4O2.C16H21FN2O/c1-29(26(32)30(2)23-5-3-4-8-28-23)15-16-6-7-21(25(27)31)22(14-16)24-19-10-17-9-18(12-19)13-20(24)11-17;1-18-10-11-2-4-12(5-3-11)16(20)19-14-6-7-15(19)9-13(17)8-14/h3-8,14,17-20,24H,9-13,15H2,1-2H3,(H2,27,31);2-5,13-15,18H,6-10H2,1H3. The molecule has 6 fully saturated rings. The Hall–Kier alpha value is -4.31. The largest absolute Gasteiger partial charge is 0.366 e. The SMILES string of the molecule is CN(Cc1ccc(C(N)=O)c(C2C3CC4CC(C3)CC2C4)c1)C(=O)N(C)c1ccccn1.CNCc1ccc(C(=O)N2C3CCC2CC(F)C3)cc1. The highest BCUT2D eigenvalue weighted by Gasteiger charge is 2.49. The minimum absolute atomic E-state index is 0.0698. The maximum atomic E-state index is 13.6. The zero-order chi connectivity index (χ0) is 36.5. The average molecular weight is 709 g/mol. The number of carbonyl (C=O) groups excluding carboxylic acids is 3. The van der Waals surface area contributed by atoms with Crippen LogP contribution in [0.5, 0.6) is 0 Å². The molecule has 2 saturated heterocycles. The van der Waals surface area contributed by atoms with Gasteiger partial charge in [-0.25, -0.2) is 14.2 Å². The van der Waals surface area contributed by atoms with Gasteiger partial charge >= 0.3 is 6.03 Å². The zero-order valence-electron chi connectivity index (χ0n) is 30.7. The summed E-state index contributed by atoms with van der Waals surface area (Å²) in [5, 5.41) is 3.09. The number of primary amides is 1. The summed E-state index contributed by atoms with van der Waals surface area (Å²) in [5.41, 5.74) is 10.5. The van der Waals surface area contributed by atoms with Gasteiger partial charge in [0, 0.05) is 56.6 Å². The van der Waals surface area contributed by atoms with Crippen LogP contribution >= 0.6 is 0 Å². The minimum Gasteiger partial charge on any atom is -0.366 e. The van der Waals surface area contributed by atoms with Gasteiger partial charge in [0.25, 0.3) is 5.91 Å². The number of halogens is 1. The molecule has 0 radical (unpaired) electrons. The molecule has 10 heteroatoms. The third-order valence-corrected chi connectivity index (χ3v) is 12.5. The van der Waals surface area contributed by atoms with Crippen molar-refractivity contribution in [1.82, 2.24) is 20.1 Å². The van der Waals surface area contributed by atoms with Crippen LogP contribution in [0, 0.1) is 23.7 Å². The van der Waals surface area contributed by atoms with Crippen molar-refractivity contribution in [2.75, 3.05) is 26.0 Å². The molecule has 4 saturated carbocycles. The number of nitrogens with one attached hydrogen (secondary N) is 1. The second-order valence-corrected chi connectivity index (χ2v) is 16.0. The van der Waals surface area contributed by atoms with Crippen LogP contribution in [0.1, 0.15) is 101 Å². The molecule has 4 amide bonds. The highest BCUT2D eigenvalue weighted by molar-refractivity contribution is 5.95. The molecule has 6 aliphatic rings. The van der Waals surface area contributed by atoms with Crippen molar-refractivity contribution in [3.8, 4) is 0 Å². The van der Waals surface area contributed by atoms with Gasteiger partial charge in [-0.2, -0.15) is 0 Å². The smallest absolute Gasteiger partial charge is 0.325 e. The molecule has 2 atom stereocenters. The summed E-state index contributed by atoms with van der Waals surface area (Å²) in [7, 11) is 5.43. The summed E-state index contributed by atoms with van der Waals surface area (Å²) in [6, 6.07) is 19.3. The van der Waals surface area contributed by atoms with Gasteiger partial charge in [-0.3, -0.25) is 14.5 Å². The van der Waals surface area contributed by atoms with E-state index >= 15 is 0 Å². The number of piperidine rings is 1. The Kier molecular flexibility index (Phi) is 10.6. The van der Waals surface area contributed by atoms with E-state index in [4.69, 9.17) is 5.73 Å². The maximum Gasteiger partial charge on any atom is 0.325 e. The van der Waals surface area contributed by atoms with Crippen molar-refractivity contribution in [1.29, 1.82) is 0 Å². The molecule has 6 bridgehead atoms. The van der Waals surface area contributed by atoms with Crippen LogP contribution in [-0.2, 0) is 13.1 Å². The molecule has 2 unspecified atom stereocenters. The van der Waals surface area contributed by atoms with Gasteiger partial charge in [0.1, 0.15) is 12.0 Å². The first-order chi connectivity index (χ1) is 25.1. The van der Waals surface area contributed by atoms with Crippen molar-refractivity contribution < 1.29 is 18.8 Å². The molecule has 3 aromatic rings. The van der Waals surface area contributed by atoms with Crippen molar-refractivity contribution >= 4 is 23.7 Å². The Morgan fingerprint density at radius 3 is 2.08 bits per heavy atom. The van der Waals surface area contributed by atoms with Gasteiger partial charge in [-0.1, -0.05) is 30.3 Å². The molecule has 2 aliphatic heterocycles. The summed E-state index contributed by atoms with van der Waals surface area (Å²) < 4.78 is 13.6. The molecule has 4 aliphatic carbocycles. The number of amides is 4. The fraction of sp³-hybridized carbons (Fsp3) is 0.524. The first-order valence-electron chi connectivity index (χ1n) is 19.1. The number of nitrogens with zero attached hydrogens (tertiary/aromatic N) is 4. The first kappa shape index (κ1) is 36.1. The number of alkyl halides is 1. The van der Waals surface area contributed by atoms with Crippen LogP contribution in [0.2, 0.25) is 0 Å². The Morgan fingerprint density at radius 1 is 0.865 bits per heavy atom. The number of hydrogen-bond donors (Lipinski definition) is 2. The highest BCUT2D eigenvalue weighted by atomic mass is 19.1. The normalized spacial score (nSPS) is 28.2. The Morgan fingerprint density at radius 2 is 1.50 bits per heavy atom. The van der Waals surface area contributed by atoms with E-state index in [9.17, 15) is 18.8 Å². The number of pyridine rings is 1. The van der Waals surface area contributed by atoms with E-state index in [-0.39, 0.29) is 29.9 Å². The fourth-order valence-corrected chi connectivity index (χ4v) is 10.5. The van der Waals surface area contributed by atoms with E-state index in [1.165, 1.54) is 32.1 Å². The Bertz CT molecular complexity index is 1710. The topological polar surface area (TPSA) is 112 Å². The lowest BCUT2D eigenvalue weighted by Crippen LogP contribution is -2.47. The monoisotopic (exact) mass is 708 g/mol. The number of carbonyl (C=O) groups is 3. The van der Waals surface area contributed by atoms with Crippen molar-refractivity contribution in [3.05, 3.63) is 94.7 Å². The van der Waals surface area contributed by atoms with Gasteiger partial charge < -0.3 is 20.9 Å². The van der Waals surface area contributed by atoms with E-state index in [1.54, 1.807) is 30.1 Å². The van der Waals surface area contributed by atoms with Crippen molar-refractivity contribution in [2.24, 2.45) is 29.4 Å². The van der Waals surface area contributed by atoms with Crippen molar-refractivity contribution in [3.63, 3.8) is 0 Å². The number of anilines is 1. The van der Waals surface area contributed by atoms with Crippen molar-refractivity contribution in [2.45, 2.75) is 95.1 Å². The van der Waals surface area contributed by atoms with Crippen LogP contribution in [0.4, 0.5) is 15.0 Å². The van der Waals surface area contributed by atoms with Crippen LogP contribution in [-0.4, -0.2) is 72.0 Å². The molecule has 2 aromatic carbocycles. The van der Waals surface area contributed by atoms with Gasteiger partial charge in [0.05, 0.1) is 0 Å². The lowest BCUT2D eigenvalue weighted by Gasteiger charge is -2.55. The molecule has 3 N–H and O–H groups in total. The number of hydrogen-bond acceptors (Lipinski definition) is 5. The molecule has 52 heavy (non-hydrogen) atoms. The van der Waals surface area contributed by atoms with Gasteiger partial charge in [0.2, 0.25) is 5.91 Å². The number of benzene rings is 2. The molecule has 0 spiro atoms. The lowest BCUT2D eigenvalue weighted by molar-refractivity contribution is -0.00300. The van der Waals surface area contributed by atoms with Crippen LogP contribution in [0.15, 0.2) is 66.9 Å². The summed E-state index contributed by atoms with van der Waals surface area (Å²) >= 11 is 0.